The Balaban J connectivity index is 1.58. The van der Waals surface area contributed by atoms with Gasteiger partial charge in [0, 0.05) is 36.4 Å². The van der Waals surface area contributed by atoms with Crippen molar-refractivity contribution in [3.8, 4) is 5.69 Å². The highest BCUT2D eigenvalue weighted by molar-refractivity contribution is 5.95. The number of amides is 1. The van der Waals surface area contributed by atoms with Crippen LogP contribution in [0.15, 0.2) is 85.3 Å². The summed E-state index contributed by atoms with van der Waals surface area (Å²) in [6.45, 7) is 0.462. The van der Waals surface area contributed by atoms with Crippen molar-refractivity contribution in [1.82, 2.24) is 14.9 Å². The molecule has 0 unspecified atom stereocenters. The van der Waals surface area contributed by atoms with Gasteiger partial charge in [0.15, 0.2) is 0 Å². The number of carbonyl (C=O) groups is 1. The maximum Gasteiger partial charge on any atom is 0.251 e. The average Bonchev–Trinajstić information content (AvgIpc) is 3.11. The van der Waals surface area contributed by atoms with E-state index in [2.05, 4.69) is 33.1 Å². The highest BCUT2D eigenvalue weighted by Gasteiger charge is 2.08. The summed E-state index contributed by atoms with van der Waals surface area (Å²) in [6.07, 6.45) is 5.50. The highest BCUT2D eigenvalue weighted by atomic mass is 16.1. The summed E-state index contributed by atoms with van der Waals surface area (Å²) in [7, 11) is 0. The number of benzene rings is 2. The maximum absolute atomic E-state index is 12.5. The molecule has 0 aliphatic rings. The minimum atomic E-state index is -0.0952. The Bertz CT molecular complexity index is 1020. The topological polar surface area (TPSA) is 46.9 Å². The minimum absolute atomic E-state index is 0.0952. The number of nitrogens with zero attached hydrogens (tertiary/aromatic N) is 2. The van der Waals surface area contributed by atoms with Crippen LogP contribution in [0.5, 0.6) is 0 Å². The number of para-hydroxylation sites is 1. The number of hydrogen-bond acceptors (Lipinski definition) is 2. The molecular weight excluding hydrogens is 310 g/mol. The molecular formula is C21H17N3O. The summed E-state index contributed by atoms with van der Waals surface area (Å²) in [4.78, 5) is 16.5. The van der Waals surface area contributed by atoms with Crippen LogP contribution < -0.4 is 5.32 Å². The van der Waals surface area contributed by atoms with Crippen molar-refractivity contribution in [2.24, 2.45) is 0 Å². The Morgan fingerprint density at radius 3 is 2.80 bits per heavy atom. The predicted molar refractivity (Wildman–Crippen MR) is 98.7 cm³/mol. The lowest BCUT2D eigenvalue weighted by molar-refractivity contribution is 0.0951. The summed E-state index contributed by atoms with van der Waals surface area (Å²) in [5.41, 5.74) is 3.70. The third-order valence-corrected chi connectivity index (χ3v) is 4.16. The number of hydrogen-bond donors (Lipinski definition) is 1. The Morgan fingerprint density at radius 2 is 1.92 bits per heavy atom. The second kappa shape index (κ2) is 6.61. The van der Waals surface area contributed by atoms with Gasteiger partial charge in [0.2, 0.25) is 0 Å². The van der Waals surface area contributed by atoms with Gasteiger partial charge >= 0.3 is 0 Å². The fourth-order valence-corrected chi connectivity index (χ4v) is 2.89. The number of rotatable bonds is 4. The molecule has 1 N–H and O–H groups in total. The second-order valence-electron chi connectivity index (χ2n) is 5.84. The average molecular weight is 327 g/mol. The van der Waals surface area contributed by atoms with E-state index in [4.69, 9.17) is 0 Å². The molecule has 25 heavy (non-hydrogen) atoms. The first-order valence-corrected chi connectivity index (χ1v) is 8.15. The van der Waals surface area contributed by atoms with E-state index in [0.717, 1.165) is 16.8 Å². The molecule has 0 fully saturated rings. The molecule has 0 radical (unpaired) electrons. The van der Waals surface area contributed by atoms with Crippen LogP contribution in [0.3, 0.4) is 0 Å². The van der Waals surface area contributed by atoms with Gasteiger partial charge in [0.1, 0.15) is 0 Å². The largest absolute Gasteiger partial charge is 0.348 e. The van der Waals surface area contributed by atoms with Gasteiger partial charge in [-0.1, -0.05) is 30.3 Å². The Kier molecular flexibility index (Phi) is 4.01. The van der Waals surface area contributed by atoms with Crippen molar-refractivity contribution in [3.63, 3.8) is 0 Å². The second-order valence-corrected chi connectivity index (χ2v) is 5.84. The van der Waals surface area contributed by atoms with Crippen LogP contribution in [0.4, 0.5) is 0 Å². The summed E-state index contributed by atoms with van der Waals surface area (Å²) in [5, 5.41) is 4.11. The van der Waals surface area contributed by atoms with Crippen LogP contribution in [0, 0.1) is 0 Å². The van der Waals surface area contributed by atoms with Crippen LogP contribution in [0.25, 0.3) is 16.6 Å². The fourth-order valence-electron chi connectivity index (χ4n) is 2.89. The van der Waals surface area contributed by atoms with Gasteiger partial charge in [-0.05, 0) is 47.3 Å². The molecule has 0 spiro atoms. The third kappa shape index (κ3) is 3.15. The minimum Gasteiger partial charge on any atom is -0.348 e. The number of aromatic nitrogens is 2. The molecule has 4 rings (SSSR count). The van der Waals surface area contributed by atoms with Crippen LogP contribution in [0.1, 0.15) is 15.9 Å². The van der Waals surface area contributed by atoms with Crippen LogP contribution in [0.2, 0.25) is 0 Å². The molecule has 2 heterocycles. The maximum atomic E-state index is 12.5. The summed E-state index contributed by atoms with van der Waals surface area (Å²) < 4.78 is 2.09. The zero-order valence-electron chi connectivity index (χ0n) is 13.6. The molecule has 1 amide bonds. The third-order valence-electron chi connectivity index (χ3n) is 4.16. The molecule has 0 aliphatic carbocycles. The standard InChI is InChI=1S/C21H17N3O/c25-21(23-15-16-5-4-11-22-14-16)18-7-3-8-19(13-18)24-12-10-17-6-1-2-9-20(17)24/h1-14H,15H2,(H,23,25). The van der Waals surface area contributed by atoms with E-state index in [-0.39, 0.29) is 5.91 Å². The highest BCUT2D eigenvalue weighted by Crippen LogP contribution is 2.20. The van der Waals surface area contributed by atoms with E-state index in [1.807, 2.05) is 54.7 Å². The van der Waals surface area contributed by atoms with Gasteiger partial charge in [-0.15, -0.1) is 0 Å². The van der Waals surface area contributed by atoms with Crippen molar-refractivity contribution in [2.45, 2.75) is 6.54 Å². The van der Waals surface area contributed by atoms with Crippen LogP contribution in [-0.4, -0.2) is 15.5 Å². The predicted octanol–water partition coefficient (Wildman–Crippen LogP) is 3.96. The van der Waals surface area contributed by atoms with Crippen molar-refractivity contribution >= 4 is 16.8 Å². The van der Waals surface area contributed by atoms with Crippen molar-refractivity contribution < 1.29 is 4.79 Å². The van der Waals surface area contributed by atoms with Crippen LogP contribution in [-0.2, 0) is 6.54 Å². The van der Waals surface area contributed by atoms with E-state index in [1.165, 1.54) is 5.39 Å². The molecule has 2 aromatic carbocycles. The summed E-state index contributed by atoms with van der Waals surface area (Å²) in [6, 6.07) is 21.7. The zero-order valence-corrected chi connectivity index (χ0v) is 13.6. The first-order chi connectivity index (χ1) is 12.3. The van der Waals surface area contributed by atoms with E-state index in [0.29, 0.717) is 12.1 Å². The fraction of sp³-hybridized carbons (Fsp3) is 0.0476. The monoisotopic (exact) mass is 327 g/mol. The van der Waals surface area contributed by atoms with Crippen molar-refractivity contribution in [1.29, 1.82) is 0 Å². The molecule has 0 atom stereocenters. The van der Waals surface area contributed by atoms with E-state index >= 15 is 0 Å². The number of pyridine rings is 1. The first-order valence-electron chi connectivity index (χ1n) is 8.15. The van der Waals surface area contributed by atoms with E-state index in [9.17, 15) is 4.79 Å². The Hall–Kier alpha value is -3.40. The van der Waals surface area contributed by atoms with Gasteiger partial charge in [-0.3, -0.25) is 9.78 Å². The van der Waals surface area contributed by atoms with E-state index in [1.54, 1.807) is 12.4 Å². The lowest BCUT2D eigenvalue weighted by Crippen LogP contribution is -2.22. The number of carbonyl (C=O) groups excluding carboxylic acids is 1. The van der Waals surface area contributed by atoms with Crippen molar-refractivity contribution in [3.05, 3.63) is 96.4 Å². The molecule has 0 bridgehead atoms. The lowest BCUT2D eigenvalue weighted by atomic mass is 10.1. The molecule has 0 aliphatic heterocycles. The number of fused-ring (bicyclic) bond motifs is 1. The molecule has 0 saturated heterocycles. The van der Waals surface area contributed by atoms with Gasteiger partial charge in [0.25, 0.3) is 5.91 Å². The van der Waals surface area contributed by atoms with Gasteiger partial charge in [-0.2, -0.15) is 0 Å². The van der Waals surface area contributed by atoms with Gasteiger partial charge < -0.3 is 9.88 Å². The summed E-state index contributed by atoms with van der Waals surface area (Å²) in [5.74, 6) is -0.0952. The Labute approximate surface area is 145 Å². The SMILES string of the molecule is O=C(NCc1cccnc1)c1cccc(-n2ccc3ccccc32)c1. The zero-order chi connectivity index (χ0) is 17.1. The summed E-state index contributed by atoms with van der Waals surface area (Å²) >= 11 is 0. The molecule has 0 saturated carbocycles. The molecule has 4 aromatic rings. The van der Waals surface area contributed by atoms with Gasteiger partial charge in [0.05, 0.1) is 5.52 Å². The smallest absolute Gasteiger partial charge is 0.251 e. The van der Waals surface area contributed by atoms with Gasteiger partial charge in [-0.25, -0.2) is 0 Å². The van der Waals surface area contributed by atoms with Crippen molar-refractivity contribution in [2.75, 3.05) is 0 Å². The quantitative estimate of drug-likeness (QED) is 0.617. The first kappa shape index (κ1) is 15.1. The lowest BCUT2D eigenvalue weighted by Gasteiger charge is -2.09. The van der Waals surface area contributed by atoms with E-state index < -0.39 is 0 Å². The number of nitrogens with one attached hydrogen (secondary N) is 1. The molecule has 2 aromatic heterocycles. The Morgan fingerprint density at radius 1 is 1.00 bits per heavy atom. The molecule has 4 nitrogen and oxygen atoms in total. The van der Waals surface area contributed by atoms with Crippen LogP contribution >= 0.6 is 0 Å². The molecule has 122 valence electrons. The molecule has 4 heteroatoms. The normalized spacial score (nSPS) is 10.7.